The lowest BCUT2D eigenvalue weighted by Gasteiger charge is -2.15. The summed E-state index contributed by atoms with van der Waals surface area (Å²) in [6, 6.07) is 26.9. The molecular formula is C92H117B2Br4ClF7N2O21. The molecule has 711 valence electrons. The number of rotatable bonds is 15. The number of ether oxygens (including phenoxy) is 10. The van der Waals surface area contributed by atoms with E-state index in [0.29, 0.717) is 51.6 Å². The Morgan fingerprint density at radius 3 is 1.18 bits per heavy atom. The summed E-state index contributed by atoms with van der Waals surface area (Å²) in [5, 5.41) is 42.4. The highest BCUT2D eigenvalue weighted by Crippen LogP contribution is 2.45. The number of allylic oxidation sites excluding steroid dienone is 4. The lowest BCUT2D eigenvalue weighted by molar-refractivity contribution is -0.387. The number of hydrogen-bond donors (Lipinski definition) is 5. The van der Waals surface area contributed by atoms with Crippen LogP contribution in [0.2, 0.25) is 0 Å². The Labute approximate surface area is 791 Å². The van der Waals surface area contributed by atoms with E-state index in [9.17, 15) is 65.1 Å². The molecule has 0 spiro atoms. The second-order valence-corrected chi connectivity index (χ2v) is 36.2. The number of halogens is 12. The first kappa shape index (κ1) is 114. The van der Waals surface area contributed by atoms with Crippen molar-refractivity contribution in [1.82, 2.24) is 0 Å². The van der Waals surface area contributed by atoms with E-state index in [0.717, 1.165) is 209 Å². The number of anilines is 1. The summed E-state index contributed by atoms with van der Waals surface area (Å²) in [4.78, 5) is 52.7. The van der Waals surface area contributed by atoms with Gasteiger partial charge in [0.25, 0.3) is 0 Å². The van der Waals surface area contributed by atoms with Crippen molar-refractivity contribution in [2.24, 2.45) is 0 Å². The van der Waals surface area contributed by atoms with Crippen LogP contribution >= 0.6 is 74.8 Å². The van der Waals surface area contributed by atoms with Crippen LogP contribution < -0.4 is 34.2 Å². The quantitative estimate of drug-likeness (QED) is 0.00733. The summed E-state index contributed by atoms with van der Waals surface area (Å²) in [5.74, 6) is 2.92. The highest BCUT2D eigenvalue weighted by atomic mass is 79.9. The zero-order valence-corrected chi connectivity index (χ0v) is 81.1. The number of nitrogens with zero attached hydrogens (tertiary/aromatic N) is 1. The van der Waals surface area contributed by atoms with Crippen molar-refractivity contribution in [3.8, 4) is 40.2 Å². The zero-order chi connectivity index (χ0) is 97.2. The van der Waals surface area contributed by atoms with Crippen LogP contribution in [0.25, 0.3) is 5.57 Å². The van der Waals surface area contributed by atoms with Gasteiger partial charge in [-0.15, -0.1) is 47.3 Å². The fourth-order valence-electron chi connectivity index (χ4n) is 14.8. The number of methoxy groups -OCH3 is 7. The minimum Gasteiger partial charge on any atom is -0.541 e. The van der Waals surface area contributed by atoms with E-state index in [4.69, 9.17) is 55.4 Å². The summed E-state index contributed by atoms with van der Waals surface area (Å²) in [6.45, 7) is 2.29. The molecule has 0 bridgehead atoms. The maximum atomic E-state index is 13.7. The van der Waals surface area contributed by atoms with Gasteiger partial charge in [0, 0.05) is 67.5 Å². The molecule has 23 nitrogen and oxygen atoms in total. The number of nitrogens with two attached hydrogens (primary N) is 1. The number of phenolic OH excluding ortho intramolecular Hbond substituents is 1. The number of aliphatic hydroxyl groups excluding tert-OH is 2. The van der Waals surface area contributed by atoms with Gasteiger partial charge in [-0.2, -0.15) is 4.39 Å². The van der Waals surface area contributed by atoms with E-state index < -0.39 is 46.1 Å². The maximum Gasteiger partial charge on any atom is 0.569 e. The Bertz CT molecular complexity index is 4590. The Morgan fingerprint density at radius 1 is 0.473 bits per heavy atom. The molecule has 129 heavy (non-hydrogen) atoms. The number of nitro groups is 1. The summed E-state index contributed by atoms with van der Waals surface area (Å²) >= 11 is 17.1. The van der Waals surface area contributed by atoms with Crippen molar-refractivity contribution >= 4 is 127 Å². The number of hydrogen-bond acceptors (Lipinski definition) is 22. The standard InChI is InChI=1S/C13H14FNO5.C13H16FNO3.C13H15FO3.C12H15FO.C12H13FO.C11H13FO.C7H6BrFO.C5H8BO2.C2H3ClO2.C2H6.2CH4O.BBr3/c1-19-13(16)20-12-7-11(15(17)18)10(14)6-9(12)8-4-2-3-5-8;1-17-13(16)18-12-7-11(15)10(14)6-9(12)8-4-2-3-5-8;1-16-13(15)17-12-7-6-10(14)8-11(12)9-4-2-3-5-9;2*1-14-12-7-6-10(13)8-11(12)9-4-2-3-5-9;12-9-5-6-11(13)10(7-9)8-3-1-2-4-8;1-10-7-3-2-5(9)4-6(7)8;7-6-8-5-3-1-2-4-5;1-5-2(3)4;3*1-2;2-1(3)4/h6-8H,2-5H2,1H3;6-8H,2-5,15H2,1H3;6-9H,2-5H2,1H3;6-9H,2-5H2,1H3;4,6-8H,2-3,5H2,1H3;5-8,13H,1-4H2;2-4H,1H3;3,7H,1-2,4H2;1H3;1-2H3;2*2H,1H3;/i;;;;;;;;;1D;;;. The predicted molar refractivity (Wildman–Crippen MR) is 501 cm³/mol. The second kappa shape index (κ2) is 66.6. The van der Waals surface area contributed by atoms with Gasteiger partial charge in [0.15, 0.2) is 0 Å². The molecule has 7 aliphatic carbocycles. The van der Waals surface area contributed by atoms with Crippen LogP contribution in [-0.4, -0.2) is 124 Å². The first-order valence-electron chi connectivity index (χ1n) is 42.2. The number of benzene rings is 7. The largest absolute Gasteiger partial charge is 0.569 e. The van der Waals surface area contributed by atoms with Gasteiger partial charge in [-0.05, 0) is 262 Å². The molecule has 6 N–H and O–H groups in total. The van der Waals surface area contributed by atoms with Crippen LogP contribution in [0.5, 0.6) is 40.2 Å². The van der Waals surface area contributed by atoms with Gasteiger partial charge >= 0.3 is 40.5 Å². The Hall–Kier alpha value is -8.77. The smallest absolute Gasteiger partial charge is 0.541 e. The molecule has 0 aliphatic heterocycles. The predicted octanol–water partition coefficient (Wildman–Crippen LogP) is 27.0. The van der Waals surface area contributed by atoms with Gasteiger partial charge in [0.1, 0.15) is 75.1 Å². The number of carbonyl (C=O) groups is 4. The normalized spacial score (nSPS) is 14.5. The third-order valence-electron chi connectivity index (χ3n) is 20.6. The van der Waals surface area contributed by atoms with Crippen molar-refractivity contribution in [3.05, 3.63) is 222 Å². The molecule has 14 rings (SSSR count). The molecule has 0 heterocycles. The van der Waals surface area contributed by atoms with Gasteiger partial charge in [0.05, 0.1) is 76.7 Å². The van der Waals surface area contributed by atoms with Crippen molar-refractivity contribution in [3.63, 3.8) is 0 Å². The number of nitrogen functional groups attached to an aromatic ring is 1. The van der Waals surface area contributed by atoms with E-state index in [1.165, 1.54) is 145 Å². The first-order valence-corrected chi connectivity index (χ1v) is 45.4. The van der Waals surface area contributed by atoms with Crippen LogP contribution in [0.1, 0.15) is 245 Å². The number of aromatic hydroxyl groups is 1. The van der Waals surface area contributed by atoms with E-state index in [2.05, 4.69) is 99.8 Å². The molecule has 7 aromatic carbocycles. The lowest BCUT2D eigenvalue weighted by Crippen LogP contribution is -2.11. The van der Waals surface area contributed by atoms with E-state index in [1.54, 1.807) is 51.5 Å². The molecule has 0 unspecified atom stereocenters. The first-order chi connectivity index (χ1) is 62.3. The topological polar surface area (TPSA) is 320 Å². The molecule has 0 saturated heterocycles. The lowest BCUT2D eigenvalue weighted by atomic mass is 9.96. The Kier molecular flexibility index (Phi) is 59.0. The summed E-state index contributed by atoms with van der Waals surface area (Å²) < 4.78 is 151. The molecule has 37 heteroatoms. The van der Waals surface area contributed by atoms with Gasteiger partial charge < -0.3 is 78.1 Å². The van der Waals surface area contributed by atoms with Crippen LogP contribution in [-0.2, 0) is 23.6 Å². The molecule has 1 radical (unpaired) electrons. The fourth-order valence-corrected chi connectivity index (χ4v) is 15.3. The van der Waals surface area contributed by atoms with Crippen molar-refractivity contribution < 1.29 is 129 Å². The van der Waals surface area contributed by atoms with Crippen molar-refractivity contribution in [2.45, 2.75) is 210 Å². The SMILES string of the molecule is BrB(Br)Br.CO.CO.COC(=O)Cl.COC(=O)Oc1cc(N)c(F)cc1C1CCCC1.COC(=O)Oc1cc([N+](=O)[O-])c(F)cc1C1CCCC1.COC(=O)Oc1ccc(F)cc1C1CCCC1.COc1ccc(F)cc1Br.COc1ccc(F)cc1C1=CCCC1.COc1ccc(F)cc1C1CCCC1.O[B]OC1=CCCC1.Oc1ccc(F)cc1C1CCCC1.[2H]CC. The monoisotopic (exact) mass is 2090 g/mol. The third kappa shape index (κ3) is 43.4. The van der Waals surface area contributed by atoms with Gasteiger partial charge in [-0.1, -0.05) is 84.1 Å². The Morgan fingerprint density at radius 2 is 0.806 bits per heavy atom. The highest BCUT2D eigenvalue weighted by molar-refractivity contribution is 9.69. The Balaban J connectivity index is 0.000000495. The average molecular weight is 2100 g/mol. The minimum absolute atomic E-state index is 0.00292. The van der Waals surface area contributed by atoms with Gasteiger partial charge in [-0.25, -0.2) is 45.5 Å². The van der Waals surface area contributed by atoms with Crippen LogP contribution in [0.3, 0.4) is 0 Å². The number of phenols is 1. The summed E-state index contributed by atoms with van der Waals surface area (Å²) in [5.41, 5.74) is 9.88. The number of carbonyl (C=O) groups excluding carboxylic acids is 4. The van der Waals surface area contributed by atoms with Crippen molar-refractivity contribution in [1.29, 1.82) is 0 Å². The average Bonchev–Trinajstić information content (AvgIpc) is 1.08. The van der Waals surface area contributed by atoms with Crippen LogP contribution in [0.15, 0.2) is 138 Å². The molecule has 7 aromatic rings. The molecule has 5 saturated carbocycles. The fraction of sp³-hybridized carbons (Fsp3) is 0.457. The van der Waals surface area contributed by atoms with Gasteiger partial charge in [-0.3, -0.25) is 10.1 Å². The molecule has 0 atom stereocenters. The summed E-state index contributed by atoms with van der Waals surface area (Å²) in [7, 11) is 12.4. The molecule has 7 aliphatic rings. The maximum absolute atomic E-state index is 13.7. The van der Waals surface area contributed by atoms with Crippen LogP contribution in [0, 0.1) is 50.8 Å². The van der Waals surface area contributed by atoms with Crippen molar-refractivity contribution in [2.75, 3.05) is 69.7 Å². The third-order valence-corrected chi connectivity index (χ3v) is 21.4. The van der Waals surface area contributed by atoms with E-state index in [-0.39, 0.29) is 67.2 Å². The van der Waals surface area contributed by atoms with E-state index >= 15 is 0 Å². The van der Waals surface area contributed by atoms with Gasteiger partial charge in [0.2, 0.25) is 5.82 Å². The molecule has 0 aromatic heterocycles. The molecule has 0 amide bonds. The second-order valence-electron chi connectivity index (χ2n) is 28.6. The van der Waals surface area contributed by atoms with E-state index in [1.807, 2.05) is 6.08 Å². The number of aliphatic hydroxyl groups is 2. The minimum atomic E-state index is -0.981. The highest BCUT2D eigenvalue weighted by Gasteiger charge is 2.30. The zero-order valence-electron chi connectivity index (χ0n) is 75.0. The van der Waals surface area contributed by atoms with Crippen LogP contribution in [0.4, 0.5) is 61.3 Å². The number of nitro benzene ring substituents is 1. The molecule has 5 fully saturated rings. The summed E-state index contributed by atoms with van der Waals surface area (Å²) in [6.07, 6.45) is 29.6. The molecular weight excluding hydrogens is 1980 g/mol.